The lowest BCUT2D eigenvalue weighted by Gasteiger charge is -2.08. The molecule has 1 atom stereocenters. The fourth-order valence-corrected chi connectivity index (χ4v) is 1.51. The standard InChI is InChI=1S/C11H10N2O2/c12-9(11(14)15)8-5-1-3-7-4-2-6-13-10(7)8/h1-6,9H,12H2,(H,14,15). The van der Waals surface area contributed by atoms with Gasteiger partial charge in [-0.05, 0) is 6.07 Å². The van der Waals surface area contributed by atoms with Gasteiger partial charge in [-0.25, -0.2) is 0 Å². The SMILES string of the molecule is NC(C(=O)O)c1cccc2cccnc12. The molecule has 0 bridgehead atoms. The number of carboxylic acid groups (broad SMARTS) is 1. The van der Waals surface area contributed by atoms with Crippen LogP contribution in [0.5, 0.6) is 0 Å². The molecule has 15 heavy (non-hydrogen) atoms. The third-order valence-electron chi connectivity index (χ3n) is 2.27. The Morgan fingerprint density at radius 1 is 1.33 bits per heavy atom. The molecule has 1 aromatic carbocycles. The molecule has 2 aromatic rings. The zero-order chi connectivity index (χ0) is 10.8. The Labute approximate surface area is 86.4 Å². The third kappa shape index (κ3) is 1.67. The largest absolute Gasteiger partial charge is 0.480 e. The second-order valence-corrected chi connectivity index (χ2v) is 3.24. The van der Waals surface area contributed by atoms with Gasteiger partial charge in [-0.2, -0.15) is 0 Å². The lowest BCUT2D eigenvalue weighted by Crippen LogP contribution is -2.21. The lowest BCUT2D eigenvalue weighted by atomic mass is 10.0. The van der Waals surface area contributed by atoms with E-state index < -0.39 is 12.0 Å². The van der Waals surface area contributed by atoms with Crippen molar-refractivity contribution >= 4 is 16.9 Å². The van der Waals surface area contributed by atoms with Crippen molar-refractivity contribution in [2.45, 2.75) is 6.04 Å². The first-order chi connectivity index (χ1) is 7.20. The molecular weight excluding hydrogens is 192 g/mol. The van der Waals surface area contributed by atoms with E-state index in [2.05, 4.69) is 4.98 Å². The van der Waals surface area contributed by atoms with Gasteiger partial charge < -0.3 is 10.8 Å². The summed E-state index contributed by atoms with van der Waals surface area (Å²) >= 11 is 0. The van der Waals surface area contributed by atoms with Crippen molar-refractivity contribution in [3.05, 3.63) is 42.1 Å². The molecule has 0 aliphatic rings. The molecule has 0 radical (unpaired) electrons. The molecule has 0 amide bonds. The molecule has 3 N–H and O–H groups in total. The minimum atomic E-state index is -1.05. The highest BCUT2D eigenvalue weighted by Gasteiger charge is 2.16. The van der Waals surface area contributed by atoms with Crippen LogP contribution in [0.15, 0.2) is 36.5 Å². The van der Waals surface area contributed by atoms with Gasteiger partial charge in [-0.1, -0.05) is 24.3 Å². The molecule has 1 aromatic heterocycles. The molecule has 0 aliphatic carbocycles. The van der Waals surface area contributed by atoms with E-state index in [4.69, 9.17) is 10.8 Å². The van der Waals surface area contributed by atoms with Gasteiger partial charge in [0.1, 0.15) is 6.04 Å². The van der Waals surface area contributed by atoms with Crippen LogP contribution in [0, 0.1) is 0 Å². The quantitative estimate of drug-likeness (QED) is 0.770. The highest BCUT2D eigenvalue weighted by molar-refractivity contribution is 5.87. The first-order valence-electron chi connectivity index (χ1n) is 4.52. The van der Waals surface area contributed by atoms with Gasteiger partial charge in [0.15, 0.2) is 0 Å². The van der Waals surface area contributed by atoms with Crippen molar-refractivity contribution in [1.82, 2.24) is 4.98 Å². The van der Waals surface area contributed by atoms with Gasteiger partial charge in [-0.15, -0.1) is 0 Å². The van der Waals surface area contributed by atoms with Crippen molar-refractivity contribution in [3.8, 4) is 0 Å². The van der Waals surface area contributed by atoms with E-state index in [1.165, 1.54) is 0 Å². The Kier molecular flexibility index (Phi) is 2.35. The molecule has 1 unspecified atom stereocenters. The zero-order valence-corrected chi connectivity index (χ0v) is 7.92. The molecule has 0 saturated heterocycles. The average Bonchev–Trinajstić information content (AvgIpc) is 2.27. The average molecular weight is 202 g/mol. The summed E-state index contributed by atoms with van der Waals surface area (Å²) in [5, 5.41) is 9.74. The van der Waals surface area contributed by atoms with E-state index >= 15 is 0 Å². The first kappa shape index (κ1) is 9.61. The lowest BCUT2D eigenvalue weighted by molar-refractivity contribution is -0.138. The maximum Gasteiger partial charge on any atom is 0.325 e. The van der Waals surface area contributed by atoms with Gasteiger partial charge in [0.05, 0.1) is 5.52 Å². The van der Waals surface area contributed by atoms with Crippen molar-refractivity contribution < 1.29 is 9.90 Å². The highest BCUT2D eigenvalue weighted by atomic mass is 16.4. The molecular formula is C11H10N2O2. The molecule has 76 valence electrons. The number of hydrogen-bond acceptors (Lipinski definition) is 3. The Hall–Kier alpha value is -1.94. The van der Waals surface area contributed by atoms with E-state index in [-0.39, 0.29) is 0 Å². The summed E-state index contributed by atoms with van der Waals surface area (Å²) in [7, 11) is 0. The molecule has 0 spiro atoms. The Balaban J connectivity index is 2.65. The minimum absolute atomic E-state index is 0.542. The Bertz CT molecular complexity index is 505. The maximum absolute atomic E-state index is 10.8. The van der Waals surface area contributed by atoms with Crippen molar-refractivity contribution in [1.29, 1.82) is 0 Å². The highest BCUT2D eigenvalue weighted by Crippen LogP contribution is 2.20. The van der Waals surface area contributed by atoms with Crippen LogP contribution < -0.4 is 5.73 Å². The second kappa shape index (κ2) is 3.67. The smallest absolute Gasteiger partial charge is 0.325 e. The van der Waals surface area contributed by atoms with Crippen LogP contribution in [0.3, 0.4) is 0 Å². The maximum atomic E-state index is 10.8. The number of aromatic nitrogens is 1. The number of fused-ring (bicyclic) bond motifs is 1. The summed E-state index contributed by atoms with van der Waals surface area (Å²) in [5.74, 6) is -1.05. The molecule has 4 heteroatoms. The number of para-hydroxylation sites is 1. The van der Waals surface area contributed by atoms with Crippen LogP contribution in [0.25, 0.3) is 10.9 Å². The molecule has 2 rings (SSSR count). The number of nitrogens with two attached hydrogens (primary N) is 1. The Morgan fingerprint density at radius 3 is 2.80 bits per heavy atom. The number of carboxylic acids is 1. The van der Waals surface area contributed by atoms with Gasteiger partial charge in [0.2, 0.25) is 0 Å². The minimum Gasteiger partial charge on any atom is -0.480 e. The number of aliphatic carboxylic acids is 1. The van der Waals surface area contributed by atoms with E-state index in [9.17, 15) is 4.79 Å². The molecule has 0 fully saturated rings. The van der Waals surface area contributed by atoms with Crippen LogP contribution in [0.2, 0.25) is 0 Å². The van der Waals surface area contributed by atoms with Crippen LogP contribution in [-0.2, 0) is 4.79 Å². The van der Waals surface area contributed by atoms with Gasteiger partial charge in [0.25, 0.3) is 0 Å². The molecule has 0 aliphatic heterocycles. The van der Waals surface area contributed by atoms with Crippen molar-refractivity contribution in [2.75, 3.05) is 0 Å². The summed E-state index contributed by atoms with van der Waals surface area (Å²) in [6.45, 7) is 0. The van der Waals surface area contributed by atoms with Gasteiger partial charge in [0, 0.05) is 17.1 Å². The fourth-order valence-electron chi connectivity index (χ4n) is 1.51. The number of rotatable bonds is 2. The van der Waals surface area contributed by atoms with Crippen molar-refractivity contribution in [3.63, 3.8) is 0 Å². The summed E-state index contributed by atoms with van der Waals surface area (Å²) in [5.41, 5.74) is 6.75. The van der Waals surface area contributed by atoms with Gasteiger partial charge in [-0.3, -0.25) is 9.78 Å². The zero-order valence-electron chi connectivity index (χ0n) is 7.92. The first-order valence-corrected chi connectivity index (χ1v) is 4.52. The number of benzene rings is 1. The number of carbonyl (C=O) groups is 1. The monoisotopic (exact) mass is 202 g/mol. The summed E-state index contributed by atoms with van der Waals surface area (Å²) in [6.07, 6.45) is 1.63. The number of nitrogens with zero attached hydrogens (tertiary/aromatic N) is 1. The summed E-state index contributed by atoms with van der Waals surface area (Å²) < 4.78 is 0. The van der Waals surface area contributed by atoms with E-state index in [0.717, 1.165) is 5.39 Å². The Morgan fingerprint density at radius 2 is 2.07 bits per heavy atom. The summed E-state index contributed by atoms with van der Waals surface area (Å²) in [6, 6.07) is 8.00. The normalized spacial score (nSPS) is 12.6. The van der Waals surface area contributed by atoms with E-state index in [1.54, 1.807) is 24.4 Å². The number of hydrogen-bond donors (Lipinski definition) is 2. The van der Waals surface area contributed by atoms with E-state index in [0.29, 0.717) is 11.1 Å². The molecule has 0 saturated carbocycles. The fraction of sp³-hybridized carbons (Fsp3) is 0.0909. The summed E-state index contributed by atoms with van der Waals surface area (Å²) in [4.78, 5) is 14.9. The van der Waals surface area contributed by atoms with E-state index in [1.807, 2.05) is 12.1 Å². The van der Waals surface area contributed by atoms with Crippen molar-refractivity contribution in [2.24, 2.45) is 5.73 Å². The molecule has 4 nitrogen and oxygen atoms in total. The van der Waals surface area contributed by atoms with Crippen LogP contribution in [0.4, 0.5) is 0 Å². The van der Waals surface area contributed by atoms with Crippen LogP contribution in [-0.4, -0.2) is 16.1 Å². The number of pyridine rings is 1. The predicted octanol–water partition coefficient (Wildman–Crippen LogP) is 1.32. The topological polar surface area (TPSA) is 76.2 Å². The molecule has 1 heterocycles. The van der Waals surface area contributed by atoms with Gasteiger partial charge >= 0.3 is 5.97 Å². The second-order valence-electron chi connectivity index (χ2n) is 3.24. The van der Waals surface area contributed by atoms with Crippen LogP contribution in [0.1, 0.15) is 11.6 Å². The predicted molar refractivity (Wildman–Crippen MR) is 56.3 cm³/mol. The van der Waals surface area contributed by atoms with Crippen LogP contribution >= 0.6 is 0 Å². The third-order valence-corrected chi connectivity index (χ3v) is 2.27.